The molecule has 0 aliphatic carbocycles. The third-order valence-electron chi connectivity index (χ3n) is 3.90. The van der Waals surface area contributed by atoms with Crippen LogP contribution in [0, 0.1) is 11.8 Å². The molecular formula is C17H25NO2. The zero-order chi connectivity index (χ0) is 14.4. The predicted molar refractivity (Wildman–Crippen MR) is 80.2 cm³/mol. The Kier molecular flexibility index (Phi) is 5.60. The van der Waals surface area contributed by atoms with Gasteiger partial charge in [-0.05, 0) is 30.9 Å². The van der Waals surface area contributed by atoms with E-state index in [1.807, 2.05) is 37.3 Å². The van der Waals surface area contributed by atoms with Crippen LogP contribution in [0.1, 0.15) is 32.3 Å². The molecule has 0 saturated carbocycles. The summed E-state index contributed by atoms with van der Waals surface area (Å²) in [5.74, 6) is 0.604. The molecule has 2 atom stereocenters. The fourth-order valence-electron chi connectivity index (χ4n) is 2.79. The number of likely N-dealkylation sites (tertiary alicyclic amines) is 1. The molecule has 0 amide bonds. The standard InChI is InChI=1S/C17H25NO2/c1-14-7-6-10-18(11-14)12-15(2)17(19)20-13-16-8-4-3-5-9-16/h3-5,8-9,14-15H,6-7,10-13H2,1-2H3. The number of carbonyl (C=O) groups excluding carboxylic acids is 1. The normalized spacial score (nSPS) is 21.4. The lowest BCUT2D eigenvalue weighted by atomic mass is 9.99. The smallest absolute Gasteiger partial charge is 0.310 e. The molecule has 3 nitrogen and oxygen atoms in total. The average Bonchev–Trinajstić information content (AvgIpc) is 2.46. The molecule has 110 valence electrons. The lowest BCUT2D eigenvalue weighted by molar-refractivity contribution is -0.150. The summed E-state index contributed by atoms with van der Waals surface area (Å²) in [7, 11) is 0. The molecule has 0 N–H and O–H groups in total. The van der Waals surface area contributed by atoms with E-state index in [-0.39, 0.29) is 11.9 Å². The van der Waals surface area contributed by atoms with Crippen LogP contribution >= 0.6 is 0 Å². The summed E-state index contributed by atoms with van der Waals surface area (Å²) < 4.78 is 5.39. The minimum Gasteiger partial charge on any atom is -0.461 e. The van der Waals surface area contributed by atoms with Crippen LogP contribution in [0.3, 0.4) is 0 Å². The third-order valence-corrected chi connectivity index (χ3v) is 3.90. The maximum Gasteiger partial charge on any atom is 0.310 e. The first-order valence-corrected chi connectivity index (χ1v) is 7.58. The molecule has 1 aromatic rings. The van der Waals surface area contributed by atoms with E-state index < -0.39 is 0 Å². The first-order valence-electron chi connectivity index (χ1n) is 7.58. The van der Waals surface area contributed by atoms with E-state index in [2.05, 4.69) is 11.8 Å². The maximum atomic E-state index is 12.0. The van der Waals surface area contributed by atoms with Crippen molar-refractivity contribution in [1.82, 2.24) is 4.90 Å². The number of benzene rings is 1. The Labute approximate surface area is 121 Å². The number of esters is 1. The summed E-state index contributed by atoms with van der Waals surface area (Å²) in [6, 6.07) is 9.84. The summed E-state index contributed by atoms with van der Waals surface area (Å²) in [6.07, 6.45) is 2.55. The predicted octanol–water partition coefficient (Wildman–Crippen LogP) is 3.10. The van der Waals surface area contributed by atoms with Crippen molar-refractivity contribution in [3.63, 3.8) is 0 Å². The molecule has 0 radical (unpaired) electrons. The van der Waals surface area contributed by atoms with Crippen molar-refractivity contribution in [3.8, 4) is 0 Å². The molecule has 1 aliphatic heterocycles. The molecule has 20 heavy (non-hydrogen) atoms. The van der Waals surface area contributed by atoms with Gasteiger partial charge in [0.25, 0.3) is 0 Å². The summed E-state index contributed by atoms with van der Waals surface area (Å²) >= 11 is 0. The van der Waals surface area contributed by atoms with Crippen LogP contribution in [0.2, 0.25) is 0 Å². The Bertz CT molecular complexity index is 418. The first kappa shape index (κ1) is 15.0. The molecule has 2 rings (SSSR count). The Morgan fingerprint density at radius 2 is 2.15 bits per heavy atom. The largest absolute Gasteiger partial charge is 0.461 e. The van der Waals surface area contributed by atoms with Crippen LogP contribution in [-0.4, -0.2) is 30.5 Å². The highest BCUT2D eigenvalue weighted by molar-refractivity contribution is 5.72. The summed E-state index contributed by atoms with van der Waals surface area (Å²) in [4.78, 5) is 14.4. The third kappa shape index (κ3) is 4.64. The average molecular weight is 275 g/mol. The minimum absolute atomic E-state index is 0.0518. The SMILES string of the molecule is CC1CCCN(CC(C)C(=O)OCc2ccccc2)C1. The van der Waals surface area contributed by atoms with E-state index in [4.69, 9.17) is 4.74 Å². The molecule has 0 bridgehead atoms. The van der Waals surface area contributed by atoms with Gasteiger partial charge in [0, 0.05) is 13.1 Å². The van der Waals surface area contributed by atoms with Gasteiger partial charge in [-0.3, -0.25) is 4.79 Å². The first-order chi connectivity index (χ1) is 9.65. The van der Waals surface area contributed by atoms with Gasteiger partial charge in [0.15, 0.2) is 0 Å². The van der Waals surface area contributed by atoms with Gasteiger partial charge in [0.05, 0.1) is 5.92 Å². The lowest BCUT2D eigenvalue weighted by Gasteiger charge is -2.32. The van der Waals surface area contributed by atoms with Crippen molar-refractivity contribution in [3.05, 3.63) is 35.9 Å². The van der Waals surface area contributed by atoms with Crippen molar-refractivity contribution >= 4 is 5.97 Å². The van der Waals surface area contributed by atoms with Crippen molar-refractivity contribution in [2.75, 3.05) is 19.6 Å². The molecule has 0 spiro atoms. The Balaban J connectivity index is 1.74. The van der Waals surface area contributed by atoms with Crippen LogP contribution in [0.4, 0.5) is 0 Å². The van der Waals surface area contributed by atoms with E-state index in [9.17, 15) is 4.79 Å². The quantitative estimate of drug-likeness (QED) is 0.773. The Hall–Kier alpha value is -1.35. The molecular weight excluding hydrogens is 250 g/mol. The van der Waals surface area contributed by atoms with Gasteiger partial charge in [0.2, 0.25) is 0 Å². The van der Waals surface area contributed by atoms with Crippen molar-refractivity contribution in [2.24, 2.45) is 11.8 Å². The second-order valence-electron chi connectivity index (χ2n) is 6.00. The van der Waals surface area contributed by atoms with Crippen molar-refractivity contribution in [2.45, 2.75) is 33.3 Å². The number of rotatable bonds is 5. The van der Waals surface area contributed by atoms with Gasteiger partial charge < -0.3 is 9.64 Å². The Morgan fingerprint density at radius 3 is 2.85 bits per heavy atom. The molecule has 1 saturated heterocycles. The van der Waals surface area contributed by atoms with Crippen LogP contribution < -0.4 is 0 Å². The van der Waals surface area contributed by atoms with Gasteiger partial charge >= 0.3 is 5.97 Å². The summed E-state index contributed by atoms with van der Waals surface area (Å²) in [5, 5.41) is 0. The molecule has 1 fully saturated rings. The van der Waals surface area contributed by atoms with Gasteiger partial charge in [-0.2, -0.15) is 0 Å². The van der Waals surface area contributed by atoms with E-state index in [1.165, 1.54) is 12.8 Å². The molecule has 0 aromatic heterocycles. The van der Waals surface area contributed by atoms with Crippen LogP contribution in [0.25, 0.3) is 0 Å². The number of carbonyl (C=O) groups is 1. The second kappa shape index (κ2) is 7.44. The lowest BCUT2D eigenvalue weighted by Crippen LogP contribution is -2.39. The number of piperidine rings is 1. The molecule has 2 unspecified atom stereocenters. The van der Waals surface area contributed by atoms with Gasteiger partial charge in [-0.15, -0.1) is 0 Å². The van der Waals surface area contributed by atoms with E-state index in [0.717, 1.165) is 31.1 Å². The fraction of sp³-hybridized carbons (Fsp3) is 0.588. The molecule has 3 heteroatoms. The number of hydrogen-bond donors (Lipinski definition) is 0. The van der Waals surface area contributed by atoms with Gasteiger partial charge in [0.1, 0.15) is 6.61 Å². The number of ether oxygens (including phenoxy) is 1. The number of nitrogens with zero attached hydrogens (tertiary/aromatic N) is 1. The van der Waals surface area contributed by atoms with E-state index in [1.54, 1.807) is 0 Å². The monoisotopic (exact) mass is 275 g/mol. The highest BCUT2D eigenvalue weighted by atomic mass is 16.5. The Morgan fingerprint density at radius 1 is 1.40 bits per heavy atom. The van der Waals surface area contributed by atoms with E-state index in [0.29, 0.717) is 6.61 Å². The van der Waals surface area contributed by atoms with Crippen LogP contribution in [0.5, 0.6) is 0 Å². The molecule has 1 aliphatic rings. The highest BCUT2D eigenvalue weighted by Gasteiger charge is 2.22. The van der Waals surface area contributed by atoms with Crippen molar-refractivity contribution in [1.29, 1.82) is 0 Å². The van der Waals surface area contributed by atoms with Gasteiger partial charge in [-0.25, -0.2) is 0 Å². The highest BCUT2D eigenvalue weighted by Crippen LogP contribution is 2.17. The maximum absolute atomic E-state index is 12.0. The zero-order valence-corrected chi connectivity index (χ0v) is 12.5. The number of hydrogen-bond acceptors (Lipinski definition) is 3. The van der Waals surface area contributed by atoms with Gasteiger partial charge in [-0.1, -0.05) is 44.2 Å². The van der Waals surface area contributed by atoms with Crippen LogP contribution in [-0.2, 0) is 16.1 Å². The zero-order valence-electron chi connectivity index (χ0n) is 12.5. The van der Waals surface area contributed by atoms with Crippen LogP contribution in [0.15, 0.2) is 30.3 Å². The van der Waals surface area contributed by atoms with E-state index >= 15 is 0 Å². The molecule has 1 aromatic carbocycles. The molecule has 1 heterocycles. The summed E-state index contributed by atoms with van der Waals surface area (Å²) in [5.41, 5.74) is 1.04. The minimum atomic E-state index is -0.0907. The van der Waals surface area contributed by atoms with Crippen molar-refractivity contribution < 1.29 is 9.53 Å². The summed E-state index contributed by atoms with van der Waals surface area (Å²) in [6.45, 7) is 7.66. The topological polar surface area (TPSA) is 29.5 Å². The fourth-order valence-corrected chi connectivity index (χ4v) is 2.79. The second-order valence-corrected chi connectivity index (χ2v) is 6.00.